The van der Waals surface area contributed by atoms with Gasteiger partial charge in [0.15, 0.2) is 34.9 Å². The van der Waals surface area contributed by atoms with Gasteiger partial charge in [0.05, 0.1) is 33.4 Å². The third kappa shape index (κ3) is 10.4. The van der Waals surface area contributed by atoms with Gasteiger partial charge in [-0.05, 0) is 182 Å². The van der Waals surface area contributed by atoms with Gasteiger partial charge in [-0.15, -0.1) is 0 Å². The highest BCUT2D eigenvalue weighted by Gasteiger charge is 2.27. The lowest BCUT2D eigenvalue weighted by molar-refractivity contribution is 0.668. The Balaban J connectivity index is 0.594. The van der Waals surface area contributed by atoms with Crippen LogP contribution in [0, 0.1) is 0 Å². The van der Waals surface area contributed by atoms with Gasteiger partial charge in [0, 0.05) is 99.4 Å². The molecule has 0 spiro atoms. The van der Waals surface area contributed by atoms with Crippen molar-refractivity contribution in [2.75, 3.05) is 0 Å². The summed E-state index contributed by atoms with van der Waals surface area (Å²) in [4.78, 5) is 32.6. The van der Waals surface area contributed by atoms with Crippen LogP contribution in [0.15, 0.2) is 397 Å². The number of para-hydroxylation sites is 4. The predicted molar refractivity (Wildman–Crippen MR) is 512 cm³/mol. The molecule has 21 aromatic carbocycles. The zero-order valence-electron chi connectivity index (χ0n) is 66.3. The zero-order chi connectivity index (χ0) is 80.9. The monoisotopic (exact) mass is 1580 g/mol. The molecule has 27 aromatic rings. The molecule has 6 heterocycles. The van der Waals surface area contributed by atoms with Crippen molar-refractivity contribution in [1.82, 2.24) is 39.0 Å². The van der Waals surface area contributed by atoms with Gasteiger partial charge in [-0.1, -0.05) is 291 Å². The molecule has 6 aromatic heterocycles. The lowest BCUT2D eigenvalue weighted by Crippen LogP contribution is -2.01. The van der Waals surface area contributed by atoms with Gasteiger partial charge in [0.2, 0.25) is 0 Å². The maximum absolute atomic E-state index is 6.93. The van der Waals surface area contributed by atoms with E-state index in [1.165, 1.54) is 26.9 Å². The van der Waals surface area contributed by atoms with Crippen molar-refractivity contribution in [2.45, 2.75) is 0 Å². The van der Waals surface area contributed by atoms with Crippen LogP contribution >= 0.6 is 0 Å². The van der Waals surface area contributed by atoms with Gasteiger partial charge in [-0.2, -0.15) is 0 Å². The van der Waals surface area contributed by atoms with Gasteiger partial charge < -0.3 is 18.0 Å². The topological polar surface area (TPSA) is 113 Å². The second kappa shape index (κ2) is 26.3. The highest BCUT2D eigenvalue weighted by molar-refractivity contribution is 6.26. The van der Waals surface area contributed by atoms with Crippen LogP contribution in [0.3, 0.4) is 0 Å². The highest BCUT2D eigenvalue weighted by atomic mass is 16.3. The molecule has 0 fully saturated rings. The first-order chi connectivity index (χ1) is 61.4. The summed E-state index contributed by atoms with van der Waals surface area (Å²) in [6.45, 7) is 0. The van der Waals surface area contributed by atoms with Crippen molar-refractivity contribution in [1.29, 1.82) is 0 Å². The van der Waals surface area contributed by atoms with Crippen molar-refractivity contribution >= 4 is 184 Å². The van der Waals surface area contributed by atoms with Crippen LogP contribution in [0.5, 0.6) is 0 Å². The van der Waals surface area contributed by atoms with Crippen molar-refractivity contribution in [2.24, 2.45) is 0 Å². The number of benzene rings is 21. The molecule has 0 saturated heterocycles. The molecule has 572 valence electrons. The van der Waals surface area contributed by atoms with Crippen LogP contribution in [-0.4, -0.2) is 39.0 Å². The van der Waals surface area contributed by atoms with E-state index in [9.17, 15) is 0 Å². The Labute approximate surface area is 706 Å². The number of nitrogens with zero attached hydrogens (tertiary/aromatic N) is 8. The molecule has 0 bridgehead atoms. The van der Waals surface area contributed by atoms with E-state index >= 15 is 0 Å². The van der Waals surface area contributed by atoms with E-state index in [-0.39, 0.29) is 0 Å². The first kappa shape index (κ1) is 68.1. The van der Waals surface area contributed by atoms with Crippen molar-refractivity contribution < 1.29 is 8.83 Å². The summed E-state index contributed by atoms with van der Waals surface area (Å²) >= 11 is 0. The summed E-state index contributed by atoms with van der Waals surface area (Å²) in [5, 5.41) is 29.0. The fourth-order valence-electron chi connectivity index (χ4n) is 20.1. The molecule has 0 aliphatic rings. The molecule has 10 heteroatoms. The maximum atomic E-state index is 6.93. The summed E-state index contributed by atoms with van der Waals surface area (Å²) in [6.07, 6.45) is 0. The first-order valence-electron chi connectivity index (χ1n) is 42.0. The summed E-state index contributed by atoms with van der Waals surface area (Å²) < 4.78 is 18.6. The lowest BCUT2D eigenvalue weighted by Gasteiger charge is -2.15. The number of hydrogen-bond donors (Lipinski definition) is 0. The Morgan fingerprint density at radius 1 is 0.161 bits per heavy atom. The zero-order valence-corrected chi connectivity index (χ0v) is 66.3. The van der Waals surface area contributed by atoms with Crippen LogP contribution < -0.4 is 0 Å². The molecule has 0 radical (unpaired) electrons. The van der Waals surface area contributed by atoms with Crippen LogP contribution in [0.2, 0.25) is 0 Å². The number of furan rings is 2. The van der Waals surface area contributed by atoms with Gasteiger partial charge >= 0.3 is 0 Å². The summed E-state index contributed by atoms with van der Waals surface area (Å²) in [6, 6.07) is 139. The minimum Gasteiger partial charge on any atom is -0.456 e. The molecule has 10 nitrogen and oxygen atoms in total. The van der Waals surface area contributed by atoms with E-state index in [4.69, 9.17) is 38.7 Å². The summed E-state index contributed by atoms with van der Waals surface area (Å²) in [7, 11) is 0. The maximum Gasteiger partial charge on any atom is 0.164 e. The minimum absolute atomic E-state index is 0.568. The number of hydrogen-bond acceptors (Lipinski definition) is 8. The standard InChI is InChI=1S/C114H64N8O2/c1-2-22-66(23-3-1)109-115-110(117-112(116-109)76-47-51-88-94(59-76)101(63-105-107(88)90-33-14-18-39-103(90)123-105)121-97-37-16-12-31-86(97)92-56-68-25-6-7-26-69(68)61-99(92)121)75-46-49-81-73(54-75)45-50-85-80(35-20-36-83(81)85)72-43-42-70-57-93-87-32-13-17-38-98(87)122(100(93)62-78(70)55-72)102-64-106-108(91-34-15-19-40-104(91)124-106)89-52-48-77(60-95(89)102)113-118-111(74-44-41-65-21-4-5-24-67(65)53-74)119-114(120-113)96-58-71-27-8-9-28-79(71)82-29-10-11-30-84(82)96/h1-64H. The van der Waals surface area contributed by atoms with Crippen LogP contribution in [0.4, 0.5) is 0 Å². The number of rotatable bonds is 9. The molecule has 0 aliphatic carbocycles. The van der Waals surface area contributed by atoms with Gasteiger partial charge in [0.25, 0.3) is 0 Å². The molecule has 0 aliphatic heterocycles. The Bertz CT molecular complexity index is 9360. The molecular weight excluding hydrogens is 1510 g/mol. The second-order valence-corrected chi connectivity index (χ2v) is 32.7. The van der Waals surface area contributed by atoms with Gasteiger partial charge in [0.1, 0.15) is 22.3 Å². The summed E-state index contributed by atoms with van der Waals surface area (Å²) in [5.41, 5.74) is 17.2. The SMILES string of the molecule is c1ccc(-c2nc(-c3ccc4c(ccc5c(-c6ccc7cc8c9ccccc9n(-c9cc%10oc%11ccccc%11c%10c%10ccc(-c%11nc(-c%12ccc%13ccccc%13c%12)nc(-c%12cc%13ccccc%13c%13ccccc%12%13)n%11)cc9%10)c8cc7c6)cccc54)c3)nc(-c3ccc4c(c3)c(-n3c5ccccc5c5cc6ccccc6cc53)cc3oc5ccccc5c34)n2)cc1. The molecule has 0 unspecified atom stereocenters. The molecule has 0 amide bonds. The fourth-order valence-corrected chi connectivity index (χ4v) is 20.1. The lowest BCUT2D eigenvalue weighted by atomic mass is 9.93. The largest absolute Gasteiger partial charge is 0.456 e. The Morgan fingerprint density at radius 3 is 1.14 bits per heavy atom. The average molecular weight is 1580 g/mol. The van der Waals surface area contributed by atoms with Crippen molar-refractivity contribution in [3.05, 3.63) is 388 Å². The average Bonchev–Trinajstić information content (AvgIpc) is 1.54. The van der Waals surface area contributed by atoms with E-state index in [0.29, 0.717) is 34.9 Å². The summed E-state index contributed by atoms with van der Waals surface area (Å²) in [5.74, 6) is 3.50. The molecular formula is C114H64N8O2. The van der Waals surface area contributed by atoms with Crippen LogP contribution in [0.25, 0.3) is 275 Å². The second-order valence-electron chi connectivity index (χ2n) is 32.7. The van der Waals surface area contributed by atoms with E-state index < -0.39 is 0 Å². The number of fused-ring (bicyclic) bond motifs is 25. The van der Waals surface area contributed by atoms with Crippen LogP contribution in [-0.2, 0) is 0 Å². The minimum atomic E-state index is 0.568. The third-order valence-electron chi connectivity index (χ3n) is 25.8. The quantitative estimate of drug-likeness (QED) is 0.131. The molecule has 0 atom stereocenters. The van der Waals surface area contributed by atoms with E-state index in [2.05, 4.69) is 367 Å². The normalized spacial score (nSPS) is 12.2. The van der Waals surface area contributed by atoms with E-state index in [0.717, 1.165) is 213 Å². The number of aromatic nitrogens is 8. The highest BCUT2D eigenvalue weighted by Crippen LogP contribution is 2.48. The first-order valence-corrected chi connectivity index (χ1v) is 42.0. The molecule has 0 N–H and O–H groups in total. The predicted octanol–water partition coefficient (Wildman–Crippen LogP) is 30.1. The molecule has 0 saturated carbocycles. The van der Waals surface area contributed by atoms with Crippen LogP contribution in [0.1, 0.15) is 0 Å². The Kier molecular flexibility index (Phi) is 14.5. The van der Waals surface area contributed by atoms with Crippen molar-refractivity contribution in [3.8, 4) is 90.8 Å². The van der Waals surface area contributed by atoms with E-state index in [1.54, 1.807) is 0 Å². The fraction of sp³-hybridized carbons (Fsp3) is 0. The Morgan fingerprint density at radius 2 is 0.532 bits per heavy atom. The van der Waals surface area contributed by atoms with Crippen molar-refractivity contribution in [3.63, 3.8) is 0 Å². The smallest absolute Gasteiger partial charge is 0.164 e. The molecule has 27 rings (SSSR count). The third-order valence-corrected chi connectivity index (χ3v) is 25.8. The Hall–Kier alpha value is -16.8. The van der Waals surface area contributed by atoms with E-state index in [1.807, 2.05) is 30.3 Å². The van der Waals surface area contributed by atoms with Gasteiger partial charge in [-0.25, -0.2) is 29.9 Å². The van der Waals surface area contributed by atoms with Gasteiger partial charge in [-0.3, -0.25) is 0 Å². The molecule has 124 heavy (non-hydrogen) atoms.